The first-order valence-electron chi connectivity index (χ1n) is 8.41. The zero-order chi connectivity index (χ0) is 17.9. The van der Waals surface area contributed by atoms with E-state index in [1.165, 1.54) is 42.8 Å². The van der Waals surface area contributed by atoms with Crippen molar-refractivity contribution in [3.63, 3.8) is 0 Å². The molecular weight excluding hydrogens is 353 g/mol. The number of alkyl halides is 3. The van der Waals surface area contributed by atoms with Crippen molar-refractivity contribution < 1.29 is 22.7 Å². The molecule has 0 N–H and O–H groups in total. The normalized spacial score (nSPS) is 22.0. The van der Waals surface area contributed by atoms with Crippen LogP contribution in [0.2, 0.25) is 0 Å². The molecule has 25 heavy (non-hydrogen) atoms. The number of hydrogen-bond donors (Lipinski definition) is 0. The third-order valence-corrected chi connectivity index (χ3v) is 5.67. The Kier molecular flexibility index (Phi) is 5.78. The Morgan fingerprint density at radius 2 is 1.96 bits per heavy atom. The molecule has 2 heterocycles. The fourth-order valence-electron chi connectivity index (χ4n) is 3.31. The average Bonchev–Trinajstić information content (AvgIpc) is 3.17. The van der Waals surface area contributed by atoms with Gasteiger partial charge in [0.1, 0.15) is 11.1 Å². The van der Waals surface area contributed by atoms with E-state index in [1.807, 2.05) is 0 Å². The van der Waals surface area contributed by atoms with E-state index in [2.05, 4.69) is 9.64 Å². The molecule has 0 aromatic heterocycles. The molecule has 3 rings (SSSR count). The number of halogens is 3. The number of likely N-dealkylation sites (tertiary alicyclic amines) is 1. The van der Waals surface area contributed by atoms with E-state index < -0.39 is 6.36 Å². The molecule has 1 aromatic rings. The maximum atomic E-state index is 12.4. The van der Waals surface area contributed by atoms with Gasteiger partial charge in [0, 0.05) is 6.54 Å². The van der Waals surface area contributed by atoms with E-state index in [-0.39, 0.29) is 17.0 Å². The largest absolute Gasteiger partial charge is 0.573 e. The Bertz CT molecular complexity index is 606. The topological polar surface area (TPSA) is 32.8 Å². The van der Waals surface area contributed by atoms with Crippen LogP contribution >= 0.6 is 11.8 Å². The molecule has 0 bridgehead atoms. The van der Waals surface area contributed by atoms with Gasteiger partial charge in [-0.25, -0.2) is 0 Å². The van der Waals surface area contributed by atoms with Gasteiger partial charge in [-0.05, 0) is 56.6 Å². The Labute approximate surface area is 149 Å². The molecule has 0 spiro atoms. The van der Waals surface area contributed by atoms with Crippen molar-refractivity contribution in [2.45, 2.75) is 31.0 Å². The summed E-state index contributed by atoms with van der Waals surface area (Å²) in [6.07, 6.45) is -1.38. The molecule has 0 aliphatic carbocycles. The fraction of sp³-hybridized carbons (Fsp3) is 0.588. The standard InChI is InChI=1S/C17H21F3N2O2S/c18-17(19,20)24-14-6-3-5-13(11-14)16-22(15(23)12-25-16)10-4-9-21-7-1-2-8-21/h3,5-6,11,16H,1-2,4,7-10,12H2. The molecule has 4 nitrogen and oxygen atoms in total. The Balaban J connectivity index is 1.63. The number of benzene rings is 1. The first-order valence-corrected chi connectivity index (χ1v) is 9.46. The number of nitrogens with zero attached hydrogens (tertiary/aromatic N) is 2. The summed E-state index contributed by atoms with van der Waals surface area (Å²) in [7, 11) is 0. The molecule has 2 aliphatic rings. The summed E-state index contributed by atoms with van der Waals surface area (Å²) in [6, 6.07) is 5.92. The lowest BCUT2D eigenvalue weighted by Gasteiger charge is -2.25. The molecule has 1 atom stereocenters. The zero-order valence-corrected chi connectivity index (χ0v) is 14.6. The molecule has 2 aliphatic heterocycles. The molecule has 2 fully saturated rings. The smallest absolute Gasteiger partial charge is 0.406 e. The highest BCUT2D eigenvalue weighted by Gasteiger charge is 2.34. The van der Waals surface area contributed by atoms with Gasteiger partial charge in [-0.2, -0.15) is 0 Å². The number of rotatable bonds is 6. The first kappa shape index (κ1) is 18.4. The van der Waals surface area contributed by atoms with Crippen LogP contribution in [0.4, 0.5) is 13.2 Å². The second-order valence-corrected chi connectivity index (χ2v) is 7.34. The van der Waals surface area contributed by atoms with Gasteiger partial charge in [-0.15, -0.1) is 24.9 Å². The number of ether oxygens (including phenoxy) is 1. The maximum Gasteiger partial charge on any atom is 0.573 e. The highest BCUT2D eigenvalue weighted by Crippen LogP contribution is 2.40. The Morgan fingerprint density at radius 1 is 1.20 bits per heavy atom. The van der Waals surface area contributed by atoms with Crippen molar-refractivity contribution in [1.82, 2.24) is 9.80 Å². The molecule has 138 valence electrons. The number of amides is 1. The third kappa shape index (κ3) is 5.04. The van der Waals surface area contributed by atoms with Crippen molar-refractivity contribution in [1.29, 1.82) is 0 Å². The molecule has 0 radical (unpaired) electrons. The number of thioether (sulfide) groups is 1. The third-order valence-electron chi connectivity index (χ3n) is 4.42. The summed E-state index contributed by atoms with van der Waals surface area (Å²) in [6.45, 7) is 3.81. The predicted octanol–water partition coefficient (Wildman–Crippen LogP) is 3.65. The Morgan fingerprint density at radius 3 is 2.68 bits per heavy atom. The average molecular weight is 374 g/mol. The van der Waals surface area contributed by atoms with Crippen LogP contribution in [0, 0.1) is 0 Å². The molecule has 2 saturated heterocycles. The molecule has 8 heteroatoms. The van der Waals surface area contributed by atoms with Gasteiger partial charge in [-0.1, -0.05) is 12.1 Å². The molecule has 0 saturated carbocycles. The van der Waals surface area contributed by atoms with Crippen LogP contribution in [-0.2, 0) is 4.79 Å². The highest BCUT2D eigenvalue weighted by atomic mass is 32.2. The predicted molar refractivity (Wildman–Crippen MR) is 90.3 cm³/mol. The van der Waals surface area contributed by atoms with E-state index in [1.54, 1.807) is 11.0 Å². The summed E-state index contributed by atoms with van der Waals surface area (Å²) in [5.41, 5.74) is 0.666. The molecule has 1 unspecified atom stereocenters. The van der Waals surface area contributed by atoms with Crippen LogP contribution in [0.3, 0.4) is 0 Å². The van der Waals surface area contributed by atoms with Crippen LogP contribution in [-0.4, -0.2) is 54.0 Å². The Hall–Kier alpha value is -1.41. The van der Waals surface area contributed by atoms with Gasteiger partial charge >= 0.3 is 6.36 Å². The lowest BCUT2D eigenvalue weighted by molar-refractivity contribution is -0.274. The summed E-state index contributed by atoms with van der Waals surface area (Å²) in [4.78, 5) is 16.3. The maximum absolute atomic E-state index is 12.4. The van der Waals surface area contributed by atoms with Gasteiger partial charge in [0.05, 0.1) is 5.75 Å². The van der Waals surface area contributed by atoms with Crippen molar-refractivity contribution in [2.75, 3.05) is 31.9 Å². The van der Waals surface area contributed by atoms with Crippen LogP contribution < -0.4 is 4.74 Å². The number of hydrogen-bond acceptors (Lipinski definition) is 4. The minimum absolute atomic E-state index is 0.0403. The summed E-state index contributed by atoms with van der Waals surface area (Å²) in [5, 5.41) is -0.247. The van der Waals surface area contributed by atoms with Gasteiger partial charge in [0.25, 0.3) is 0 Å². The van der Waals surface area contributed by atoms with E-state index in [9.17, 15) is 18.0 Å². The van der Waals surface area contributed by atoms with Crippen LogP contribution in [0.25, 0.3) is 0 Å². The van der Waals surface area contributed by atoms with Gasteiger partial charge in [-0.3, -0.25) is 4.79 Å². The van der Waals surface area contributed by atoms with Gasteiger partial charge < -0.3 is 14.5 Å². The van der Waals surface area contributed by atoms with Gasteiger partial charge in [0.15, 0.2) is 0 Å². The highest BCUT2D eigenvalue weighted by molar-refractivity contribution is 8.00. The first-order chi connectivity index (χ1) is 11.9. The van der Waals surface area contributed by atoms with Crippen molar-refractivity contribution >= 4 is 17.7 Å². The minimum atomic E-state index is -4.72. The van der Waals surface area contributed by atoms with Crippen molar-refractivity contribution in [3.05, 3.63) is 29.8 Å². The lowest BCUT2D eigenvalue weighted by Crippen LogP contribution is -2.32. The van der Waals surface area contributed by atoms with Crippen LogP contribution in [0.5, 0.6) is 5.75 Å². The van der Waals surface area contributed by atoms with Crippen LogP contribution in [0.15, 0.2) is 24.3 Å². The van der Waals surface area contributed by atoms with Crippen molar-refractivity contribution in [3.8, 4) is 5.75 Å². The monoisotopic (exact) mass is 374 g/mol. The lowest BCUT2D eigenvalue weighted by atomic mass is 10.2. The fourth-order valence-corrected chi connectivity index (χ4v) is 4.52. The van der Waals surface area contributed by atoms with Crippen molar-refractivity contribution in [2.24, 2.45) is 0 Å². The zero-order valence-electron chi connectivity index (χ0n) is 13.8. The minimum Gasteiger partial charge on any atom is -0.406 e. The SMILES string of the molecule is O=C1CSC(c2cccc(OC(F)(F)F)c2)N1CCCN1CCCC1. The summed E-state index contributed by atoms with van der Waals surface area (Å²) in [5.74, 6) is 0.152. The van der Waals surface area contributed by atoms with Gasteiger partial charge in [0.2, 0.25) is 5.91 Å². The second-order valence-electron chi connectivity index (χ2n) is 6.27. The second kappa shape index (κ2) is 7.86. The number of carbonyl (C=O) groups is 1. The molecule has 1 amide bonds. The molecule has 1 aromatic carbocycles. The number of carbonyl (C=O) groups excluding carboxylic acids is 1. The van der Waals surface area contributed by atoms with E-state index in [4.69, 9.17) is 0 Å². The molecular formula is C17H21F3N2O2S. The summed E-state index contributed by atoms with van der Waals surface area (Å²) >= 11 is 1.45. The van der Waals surface area contributed by atoms with Crippen LogP contribution in [0.1, 0.15) is 30.2 Å². The quantitative estimate of drug-likeness (QED) is 0.761. The van der Waals surface area contributed by atoms with E-state index >= 15 is 0 Å². The van der Waals surface area contributed by atoms with E-state index in [0.29, 0.717) is 17.9 Å². The summed E-state index contributed by atoms with van der Waals surface area (Å²) < 4.78 is 41.2. The van der Waals surface area contributed by atoms with E-state index in [0.717, 1.165) is 26.1 Å².